The Labute approximate surface area is 418 Å². The second-order valence-corrected chi connectivity index (χ2v) is 25.2. The van der Waals surface area contributed by atoms with Gasteiger partial charge in [0, 0.05) is 0 Å². The summed E-state index contributed by atoms with van der Waals surface area (Å²) in [6.07, 6.45) is 53.1. The highest BCUT2D eigenvalue weighted by Crippen LogP contribution is 2.18. The van der Waals surface area contributed by atoms with Gasteiger partial charge in [-0.05, 0) is 117 Å². The number of hydrogen-bond acceptors (Lipinski definition) is 5. The Hall–Kier alpha value is -1.80. The van der Waals surface area contributed by atoms with Crippen molar-refractivity contribution in [1.29, 1.82) is 0 Å². The summed E-state index contributed by atoms with van der Waals surface area (Å²) in [6.45, 7) is 6.82. The first-order valence-corrected chi connectivity index (χ1v) is 32.2. The molecule has 3 aromatic carbocycles. The highest BCUT2D eigenvalue weighted by molar-refractivity contribution is 8.28. The van der Waals surface area contributed by atoms with Gasteiger partial charge in [0.1, 0.15) is 17.2 Å². The highest BCUT2D eigenvalue weighted by Gasteiger charge is 1.98. The van der Waals surface area contributed by atoms with Crippen LogP contribution >= 0.6 is 0 Å². The molecule has 376 valence electrons. The fourth-order valence-electron chi connectivity index (χ4n) is 7.44. The van der Waals surface area contributed by atoms with Crippen LogP contribution in [0.2, 0.25) is 0 Å². The lowest BCUT2D eigenvalue weighted by Gasteiger charge is -2.03. The van der Waals surface area contributed by atoms with Crippen molar-refractivity contribution in [3.63, 3.8) is 0 Å². The van der Waals surface area contributed by atoms with E-state index in [0.717, 1.165) is 19.3 Å². The average molecular weight is 976 g/mol. The van der Waals surface area contributed by atoms with E-state index in [0.29, 0.717) is 17.2 Å². The molecule has 0 saturated carbocycles. The van der Waals surface area contributed by atoms with Crippen molar-refractivity contribution >= 4 is 41.3 Å². The molecule has 3 N–H and O–H groups in total. The lowest BCUT2D eigenvalue weighted by molar-refractivity contribution is 0.474. The Bertz CT molecular complexity index is 1250. The fraction of sp³-hybridized carbons (Fsp3) is 0.690. The molecule has 0 aliphatic heterocycles. The summed E-state index contributed by atoms with van der Waals surface area (Å²) in [4.78, 5) is 0. The molecule has 0 aromatic heterocycles. The summed E-state index contributed by atoms with van der Waals surface area (Å²) in [5, 5.41) is 27.6. The number of phenolic OH excluding ortho intramolecular Hbond substituents is 3. The van der Waals surface area contributed by atoms with Crippen molar-refractivity contribution in [2.24, 2.45) is 0 Å². The number of aromatic hydroxyl groups is 3. The number of benzene rings is 3. The maximum atomic E-state index is 9.20. The molecule has 0 spiro atoms. The van der Waals surface area contributed by atoms with Crippen LogP contribution in [0.25, 0.3) is 0 Å². The molecule has 3 rings (SSSR count). The van der Waals surface area contributed by atoms with Gasteiger partial charge in [0.25, 0.3) is 0 Å². The monoisotopic (exact) mass is 975 g/mol. The number of unbranched alkanes of at least 4 members (excludes halogenated alkanes) is 27. The first-order valence-electron chi connectivity index (χ1n) is 26.3. The summed E-state index contributed by atoms with van der Waals surface area (Å²) in [5.74, 6) is 1.10. The third-order valence-electron chi connectivity index (χ3n) is 11.3. The van der Waals surface area contributed by atoms with E-state index in [4.69, 9.17) is 0 Å². The van der Waals surface area contributed by atoms with Gasteiger partial charge in [0.2, 0.25) is 0 Å². The van der Waals surface area contributed by atoms with Crippen LogP contribution in [-0.2, 0) is 60.5 Å². The molecule has 0 radical (unpaired) electrons. The molecule has 0 atom stereocenters. The van der Waals surface area contributed by atoms with Crippen molar-refractivity contribution in [3.8, 4) is 17.2 Å². The second kappa shape index (κ2) is 51.6. The largest absolute Gasteiger partial charge is 0.508 e. The van der Waals surface area contributed by atoms with Crippen molar-refractivity contribution in [1.82, 2.24) is 0 Å². The van der Waals surface area contributed by atoms with E-state index in [1.807, 2.05) is 61.4 Å². The molecule has 0 heterocycles. The Morgan fingerprint density at radius 3 is 0.569 bits per heavy atom. The lowest BCUT2D eigenvalue weighted by Crippen LogP contribution is -1.86. The summed E-state index contributed by atoms with van der Waals surface area (Å²) < 4.78 is 0. The zero-order valence-electron chi connectivity index (χ0n) is 43.2. The highest BCUT2D eigenvalue weighted by atomic mass is 32.8. The van der Waals surface area contributed by atoms with Gasteiger partial charge in [0.05, 0.1) is 0 Å². The van der Waals surface area contributed by atoms with E-state index in [9.17, 15) is 15.3 Å². The minimum absolute atomic E-state index is 0.222. The van der Waals surface area contributed by atoms with E-state index in [2.05, 4.69) is 43.1 Å². The van der Waals surface area contributed by atoms with Gasteiger partial charge >= 0.3 is 0 Å². The molecular formula is C58H102O3S4. The molecule has 0 unspecified atom stereocenters. The minimum atomic E-state index is 0.222. The second-order valence-electron chi connectivity index (χ2n) is 18.3. The fourth-order valence-corrected chi connectivity index (χ4v) is 7.44. The zero-order valence-corrected chi connectivity index (χ0v) is 46.5. The van der Waals surface area contributed by atoms with Gasteiger partial charge in [-0.1, -0.05) is 253 Å². The molecule has 0 amide bonds. The number of aryl methyl sites for hydroxylation is 3. The Kier molecular flexibility index (Phi) is 51.8. The number of rotatable bonds is 33. The third kappa shape index (κ3) is 54.7. The smallest absolute Gasteiger partial charge is 0.115 e. The summed E-state index contributed by atoms with van der Waals surface area (Å²) in [6, 6.07) is 22.9. The van der Waals surface area contributed by atoms with Gasteiger partial charge in [-0.15, -0.1) is 18.9 Å². The van der Waals surface area contributed by atoms with Crippen LogP contribution in [-0.4, -0.2) is 40.3 Å². The minimum Gasteiger partial charge on any atom is -0.508 e. The maximum absolute atomic E-state index is 9.20. The van der Waals surface area contributed by atoms with Gasteiger partial charge in [-0.25, -0.2) is 0 Å². The van der Waals surface area contributed by atoms with Gasteiger partial charge in [-0.3, -0.25) is 0 Å². The Morgan fingerprint density at radius 1 is 0.277 bits per heavy atom. The predicted molar refractivity (Wildman–Crippen MR) is 304 cm³/mol. The van der Waals surface area contributed by atoms with Crippen LogP contribution < -0.4 is 0 Å². The first kappa shape index (κ1) is 65.3. The molecule has 0 saturated heterocycles. The number of hydrogen-bond donors (Lipinski definition) is 3. The zero-order chi connectivity index (χ0) is 48.4. The maximum Gasteiger partial charge on any atom is 0.115 e. The Balaban J connectivity index is 0. The van der Waals surface area contributed by atoms with Gasteiger partial charge < -0.3 is 15.3 Å². The van der Waals surface area contributed by atoms with Crippen LogP contribution in [0.1, 0.15) is 230 Å². The molecule has 3 nitrogen and oxygen atoms in total. The van der Waals surface area contributed by atoms with Crippen LogP contribution in [0.4, 0.5) is 0 Å². The quantitative estimate of drug-likeness (QED) is 0.0531. The third-order valence-corrected chi connectivity index (χ3v) is 11.3. The van der Waals surface area contributed by atoms with Crippen LogP contribution in [0, 0.1) is 0 Å². The van der Waals surface area contributed by atoms with Crippen molar-refractivity contribution in [2.75, 3.05) is 25.0 Å². The molecule has 0 aliphatic carbocycles. The standard InChI is InChI=1S/3C18H30O.2C2H6S2/c3*1-2-3-4-5-6-7-8-9-10-11-12-17-13-15-18(19)16-14-17;2*1-4(2)3/h3*13-16,19H,2-12H2,1H3;2*1-2H3. The van der Waals surface area contributed by atoms with E-state index in [1.54, 1.807) is 36.4 Å². The van der Waals surface area contributed by atoms with E-state index >= 15 is 0 Å². The van der Waals surface area contributed by atoms with Crippen LogP contribution in [0.3, 0.4) is 0 Å². The summed E-state index contributed by atoms with van der Waals surface area (Å²) in [7, 11) is 0.444. The van der Waals surface area contributed by atoms with Crippen molar-refractivity contribution in [2.45, 2.75) is 233 Å². The first-order chi connectivity index (χ1) is 31.4. The predicted octanol–water partition coefficient (Wildman–Crippen LogP) is 18.2. The van der Waals surface area contributed by atoms with Crippen molar-refractivity contribution in [3.05, 3.63) is 89.5 Å². The van der Waals surface area contributed by atoms with Gasteiger partial charge in [0.15, 0.2) is 0 Å². The van der Waals surface area contributed by atoms with Crippen LogP contribution in [0.15, 0.2) is 72.8 Å². The summed E-state index contributed by atoms with van der Waals surface area (Å²) in [5.41, 5.74) is 4.03. The van der Waals surface area contributed by atoms with E-state index in [1.165, 1.54) is 209 Å². The molecule has 3 aromatic rings. The average Bonchev–Trinajstić information content (AvgIpc) is 3.27. The van der Waals surface area contributed by atoms with Gasteiger partial charge in [-0.2, -0.15) is 0 Å². The summed E-state index contributed by atoms with van der Waals surface area (Å²) >= 11 is 9.30. The Morgan fingerprint density at radius 2 is 0.415 bits per heavy atom. The van der Waals surface area contributed by atoms with E-state index in [-0.39, 0.29) is 18.9 Å². The number of phenols is 3. The molecule has 0 bridgehead atoms. The topological polar surface area (TPSA) is 60.7 Å². The normalized spacial score (nSPS) is 10.5. The van der Waals surface area contributed by atoms with Crippen LogP contribution in [0.5, 0.6) is 17.2 Å². The molecule has 65 heavy (non-hydrogen) atoms. The lowest BCUT2D eigenvalue weighted by atomic mass is 10.0. The molecule has 7 heteroatoms. The SMILES string of the molecule is CCCCCCCCCCCCc1ccc(O)cc1.CCCCCCCCCCCCc1ccc(O)cc1.CCCCCCCCCCCCc1ccc(O)cc1.CS(C)=S.CS(C)=S. The molecule has 0 fully saturated rings. The van der Waals surface area contributed by atoms with Crippen molar-refractivity contribution < 1.29 is 15.3 Å². The molecule has 0 aliphatic rings. The van der Waals surface area contributed by atoms with E-state index < -0.39 is 0 Å². The molecular weight excluding hydrogens is 873 g/mol.